The molecule has 3 aromatic carbocycles. The van der Waals surface area contributed by atoms with Crippen molar-refractivity contribution in [2.75, 3.05) is 0 Å². The molecular formula is C44H56Br2N4O2. The molecule has 0 bridgehead atoms. The Morgan fingerprint density at radius 3 is 1.08 bits per heavy atom. The lowest BCUT2D eigenvalue weighted by Gasteiger charge is -2.35. The highest BCUT2D eigenvalue weighted by Crippen LogP contribution is 2.63. The number of fused-ring (bicyclic) bond motifs is 10. The van der Waals surface area contributed by atoms with Gasteiger partial charge in [0.25, 0.3) is 0 Å². The van der Waals surface area contributed by atoms with Crippen molar-refractivity contribution in [3.05, 3.63) is 55.5 Å². The molecule has 52 heavy (non-hydrogen) atoms. The van der Waals surface area contributed by atoms with Crippen molar-refractivity contribution in [2.24, 2.45) is 0 Å². The van der Waals surface area contributed by atoms with E-state index >= 15 is 0 Å². The van der Waals surface area contributed by atoms with E-state index in [0.29, 0.717) is 0 Å². The number of benzene rings is 3. The summed E-state index contributed by atoms with van der Waals surface area (Å²) in [5.41, 5.74) is 14.0. The Hall–Kier alpha value is -2.58. The summed E-state index contributed by atoms with van der Waals surface area (Å²) < 4.78 is 13.0. The van der Waals surface area contributed by atoms with Gasteiger partial charge in [-0.05, 0) is 136 Å². The van der Waals surface area contributed by atoms with Gasteiger partial charge >= 0.3 is 0 Å². The van der Waals surface area contributed by atoms with Gasteiger partial charge in [-0.3, -0.25) is 0 Å². The Morgan fingerprint density at radius 1 is 0.423 bits per heavy atom. The van der Waals surface area contributed by atoms with Gasteiger partial charge in [0.15, 0.2) is 0 Å². The van der Waals surface area contributed by atoms with Gasteiger partial charge in [-0.15, -0.1) is 0 Å². The molecule has 0 radical (unpaired) electrons. The molecule has 2 aliphatic rings. The molecular weight excluding hydrogens is 776 g/mol. The molecule has 0 N–H and O–H groups in total. The Labute approximate surface area is 326 Å². The van der Waals surface area contributed by atoms with Gasteiger partial charge in [0.1, 0.15) is 22.1 Å². The molecule has 2 aromatic heterocycles. The van der Waals surface area contributed by atoms with Crippen molar-refractivity contribution in [1.29, 1.82) is 0 Å². The van der Waals surface area contributed by atoms with Gasteiger partial charge in [0.2, 0.25) is 0 Å². The lowest BCUT2D eigenvalue weighted by Crippen LogP contribution is -2.27. The van der Waals surface area contributed by atoms with Crippen molar-refractivity contribution < 1.29 is 9.26 Å². The number of rotatable bonds is 20. The summed E-state index contributed by atoms with van der Waals surface area (Å²) in [4.78, 5) is 0. The smallest absolute Gasteiger partial charge is 0.150 e. The van der Waals surface area contributed by atoms with Crippen molar-refractivity contribution in [2.45, 2.75) is 167 Å². The van der Waals surface area contributed by atoms with E-state index in [0.717, 1.165) is 56.7 Å². The van der Waals surface area contributed by atoms with Gasteiger partial charge in [-0.1, -0.05) is 130 Å². The fourth-order valence-electron chi connectivity index (χ4n) is 9.95. The van der Waals surface area contributed by atoms with Crippen LogP contribution in [-0.4, -0.2) is 20.6 Å². The van der Waals surface area contributed by atoms with Gasteiger partial charge in [-0.25, -0.2) is 9.26 Å². The Balaban J connectivity index is 1.51. The van der Waals surface area contributed by atoms with E-state index in [-0.39, 0.29) is 10.8 Å². The third-order valence-corrected chi connectivity index (χ3v) is 13.8. The average molecular weight is 833 g/mol. The van der Waals surface area contributed by atoms with Gasteiger partial charge < -0.3 is 0 Å². The summed E-state index contributed by atoms with van der Waals surface area (Å²) >= 11 is 7.85. The van der Waals surface area contributed by atoms with E-state index in [1.165, 1.54) is 147 Å². The predicted molar refractivity (Wildman–Crippen MR) is 220 cm³/mol. The molecule has 8 heteroatoms. The van der Waals surface area contributed by atoms with Crippen molar-refractivity contribution in [3.8, 4) is 22.3 Å². The Morgan fingerprint density at radius 2 is 0.750 bits per heavy atom. The molecule has 0 amide bonds. The lowest BCUT2D eigenvalue weighted by atomic mass is 9.68. The summed E-state index contributed by atoms with van der Waals surface area (Å²) in [5, 5.41) is 18.1. The summed E-state index contributed by atoms with van der Waals surface area (Å²) in [6, 6.07) is 9.97. The van der Waals surface area contributed by atoms with E-state index in [2.05, 4.69) is 104 Å². The number of aromatic nitrogens is 4. The van der Waals surface area contributed by atoms with E-state index in [1.807, 2.05) is 0 Å². The van der Waals surface area contributed by atoms with Crippen LogP contribution >= 0.6 is 31.9 Å². The van der Waals surface area contributed by atoms with Crippen LogP contribution in [0.25, 0.3) is 44.3 Å². The van der Waals surface area contributed by atoms with Crippen LogP contribution in [0.2, 0.25) is 0 Å². The maximum Gasteiger partial charge on any atom is 0.150 e. The minimum Gasteiger partial charge on any atom is -0.243 e. The molecule has 0 unspecified atom stereocenters. The monoisotopic (exact) mass is 830 g/mol. The number of hydrogen-bond donors (Lipinski definition) is 0. The summed E-state index contributed by atoms with van der Waals surface area (Å²) in [5.74, 6) is 0. The second kappa shape index (κ2) is 16.4. The van der Waals surface area contributed by atoms with Crippen LogP contribution < -0.4 is 0 Å². The number of unbranched alkanes of at least 4 members (excludes halogenated alkanes) is 12. The van der Waals surface area contributed by atoms with Gasteiger partial charge in [0, 0.05) is 30.9 Å². The van der Waals surface area contributed by atoms with Crippen LogP contribution in [0, 0.1) is 0 Å². The molecule has 0 spiro atoms. The third kappa shape index (κ3) is 6.50. The third-order valence-electron chi connectivity index (χ3n) is 12.6. The topological polar surface area (TPSA) is 77.8 Å². The summed E-state index contributed by atoms with van der Waals surface area (Å²) in [6.45, 7) is 9.23. The molecule has 2 aliphatic carbocycles. The molecule has 6 nitrogen and oxygen atoms in total. The molecule has 0 fully saturated rings. The zero-order valence-electron chi connectivity index (χ0n) is 31.8. The lowest BCUT2D eigenvalue weighted by molar-refractivity contribution is 0.315. The predicted octanol–water partition coefficient (Wildman–Crippen LogP) is 14.7. The molecule has 278 valence electrons. The minimum atomic E-state index is -0.124. The van der Waals surface area contributed by atoms with Crippen LogP contribution in [0.15, 0.2) is 42.5 Å². The number of halogens is 2. The fourth-order valence-corrected chi connectivity index (χ4v) is 10.9. The van der Waals surface area contributed by atoms with Crippen LogP contribution in [0.1, 0.15) is 178 Å². The van der Waals surface area contributed by atoms with E-state index in [9.17, 15) is 0 Å². The Kier molecular flexibility index (Phi) is 11.9. The molecule has 0 atom stereocenters. The SMILES string of the molecule is CCCCCCC1(CCCCCC)c2cc3c(cc2-c2c1cc(Br)c1nonc21)C(CCCCCC)(CCCCCC)c1cc(Br)c2nonc2c1-3. The second-order valence-corrected chi connectivity index (χ2v) is 17.5. The number of nitrogens with zero attached hydrogens (tertiary/aromatic N) is 4. The first-order valence-corrected chi connectivity index (χ1v) is 22.1. The van der Waals surface area contributed by atoms with Crippen LogP contribution in [0.3, 0.4) is 0 Å². The molecule has 2 heterocycles. The maximum atomic E-state index is 5.51. The quantitative estimate of drug-likeness (QED) is 0.0727. The largest absolute Gasteiger partial charge is 0.243 e. The summed E-state index contributed by atoms with van der Waals surface area (Å²) in [6.07, 6.45) is 24.3. The van der Waals surface area contributed by atoms with Crippen molar-refractivity contribution in [1.82, 2.24) is 20.6 Å². The zero-order chi connectivity index (χ0) is 36.3. The van der Waals surface area contributed by atoms with E-state index in [1.54, 1.807) is 0 Å². The highest BCUT2D eigenvalue weighted by atomic mass is 79.9. The maximum absolute atomic E-state index is 5.51. The average Bonchev–Trinajstić information content (AvgIpc) is 3.93. The number of hydrogen-bond acceptors (Lipinski definition) is 6. The van der Waals surface area contributed by atoms with Crippen LogP contribution in [-0.2, 0) is 10.8 Å². The second-order valence-electron chi connectivity index (χ2n) is 15.8. The minimum absolute atomic E-state index is 0.124. The first kappa shape index (κ1) is 37.7. The van der Waals surface area contributed by atoms with Crippen LogP contribution in [0.5, 0.6) is 0 Å². The van der Waals surface area contributed by atoms with Crippen LogP contribution in [0.4, 0.5) is 0 Å². The first-order chi connectivity index (χ1) is 25.5. The van der Waals surface area contributed by atoms with Crippen molar-refractivity contribution >= 4 is 53.9 Å². The highest BCUT2D eigenvalue weighted by Gasteiger charge is 2.49. The molecule has 0 saturated heterocycles. The fraction of sp³-hybridized carbons (Fsp3) is 0.591. The Bertz CT molecular complexity index is 1850. The standard InChI is InChI=1S/C44H56Br2N4O2/c1-5-9-13-17-21-43(22-18-14-10-6-2)31-25-30-32(26-29(31)37-33(43)27-35(45)39-41(37)49-51-47-39)44(23-19-15-11-7-3,24-20-16-12-8-4)34-28-36(46)40-42(38(30)34)50-52-48-40/h25-28H,5-24H2,1-4H3. The van der Waals surface area contributed by atoms with E-state index < -0.39 is 0 Å². The highest BCUT2D eigenvalue weighted by molar-refractivity contribution is 9.11. The molecule has 7 rings (SSSR count). The molecule has 0 aliphatic heterocycles. The van der Waals surface area contributed by atoms with Gasteiger partial charge in [-0.2, -0.15) is 0 Å². The van der Waals surface area contributed by atoms with E-state index in [4.69, 9.17) is 9.26 Å². The zero-order valence-corrected chi connectivity index (χ0v) is 35.0. The van der Waals surface area contributed by atoms with Crippen molar-refractivity contribution in [3.63, 3.8) is 0 Å². The first-order valence-electron chi connectivity index (χ1n) is 20.6. The molecule has 5 aromatic rings. The normalized spacial score (nSPS) is 15.0. The molecule has 0 saturated carbocycles. The summed E-state index contributed by atoms with van der Waals surface area (Å²) in [7, 11) is 0. The van der Waals surface area contributed by atoms with Gasteiger partial charge in [0.05, 0.1) is 0 Å².